The highest BCUT2D eigenvalue weighted by atomic mass is 16.4. The van der Waals surface area contributed by atoms with E-state index >= 15 is 0 Å². The third-order valence-electron chi connectivity index (χ3n) is 3.81. The minimum absolute atomic E-state index is 0.00135. The highest BCUT2D eigenvalue weighted by Gasteiger charge is 2.28. The maximum absolute atomic E-state index is 12.1. The number of hydrogen-bond donors (Lipinski definition) is 3. The number of carboxylic acids is 1. The third kappa shape index (κ3) is 5.22. The molecule has 2 atom stereocenters. The predicted molar refractivity (Wildman–Crippen MR) is 76.7 cm³/mol. The SMILES string of the molecule is CCC1CN(C(=O)N[C@H](CCC(N)=O)C(=O)O)CCN1C. The van der Waals surface area contributed by atoms with Crippen molar-refractivity contribution in [1.82, 2.24) is 15.1 Å². The molecule has 1 rings (SSSR count). The Morgan fingerprint density at radius 3 is 2.57 bits per heavy atom. The number of primary amides is 1. The minimum atomic E-state index is -1.16. The fraction of sp³-hybridized carbons (Fsp3) is 0.769. The van der Waals surface area contributed by atoms with Crippen LogP contribution in [0.2, 0.25) is 0 Å². The fourth-order valence-electron chi connectivity index (χ4n) is 2.36. The number of hydrogen-bond acceptors (Lipinski definition) is 4. The lowest BCUT2D eigenvalue weighted by atomic mass is 10.1. The lowest BCUT2D eigenvalue weighted by molar-refractivity contribution is -0.139. The van der Waals surface area contributed by atoms with E-state index in [2.05, 4.69) is 17.1 Å². The lowest BCUT2D eigenvalue weighted by Crippen LogP contribution is -2.57. The zero-order valence-electron chi connectivity index (χ0n) is 12.5. The number of carbonyl (C=O) groups is 3. The van der Waals surface area contributed by atoms with E-state index in [9.17, 15) is 14.4 Å². The predicted octanol–water partition coefficient (Wildman–Crippen LogP) is -0.559. The summed E-state index contributed by atoms with van der Waals surface area (Å²) in [6.07, 6.45) is 0.850. The van der Waals surface area contributed by atoms with Gasteiger partial charge in [-0.15, -0.1) is 0 Å². The van der Waals surface area contributed by atoms with Gasteiger partial charge in [0.25, 0.3) is 0 Å². The van der Waals surface area contributed by atoms with Crippen LogP contribution in [0.3, 0.4) is 0 Å². The van der Waals surface area contributed by atoms with Crippen molar-refractivity contribution in [2.75, 3.05) is 26.7 Å². The van der Waals surface area contributed by atoms with Gasteiger partial charge in [-0.1, -0.05) is 6.92 Å². The van der Waals surface area contributed by atoms with Crippen molar-refractivity contribution in [2.24, 2.45) is 5.73 Å². The van der Waals surface area contributed by atoms with Gasteiger partial charge in [-0.3, -0.25) is 9.69 Å². The first-order valence-electron chi connectivity index (χ1n) is 7.12. The number of carbonyl (C=O) groups excluding carboxylic acids is 2. The van der Waals surface area contributed by atoms with Crippen molar-refractivity contribution in [3.8, 4) is 0 Å². The molecule has 0 saturated carbocycles. The molecule has 1 heterocycles. The first-order chi connectivity index (χ1) is 9.85. The first kappa shape index (κ1) is 17.2. The molecule has 8 heteroatoms. The minimum Gasteiger partial charge on any atom is -0.480 e. The topological polar surface area (TPSA) is 116 Å². The van der Waals surface area contributed by atoms with Gasteiger partial charge in [0, 0.05) is 32.1 Å². The van der Waals surface area contributed by atoms with Crippen LogP contribution in [0.5, 0.6) is 0 Å². The summed E-state index contributed by atoms with van der Waals surface area (Å²) in [5, 5.41) is 11.5. The number of likely N-dealkylation sites (N-methyl/N-ethyl adjacent to an activating group) is 1. The number of piperazine rings is 1. The maximum atomic E-state index is 12.1. The Labute approximate surface area is 124 Å². The highest BCUT2D eigenvalue weighted by molar-refractivity contribution is 5.83. The average molecular weight is 300 g/mol. The van der Waals surface area contributed by atoms with E-state index < -0.39 is 23.9 Å². The normalized spacial score (nSPS) is 20.9. The molecule has 120 valence electrons. The molecule has 4 N–H and O–H groups in total. The van der Waals surface area contributed by atoms with Crippen molar-refractivity contribution >= 4 is 17.9 Å². The molecule has 21 heavy (non-hydrogen) atoms. The number of urea groups is 1. The van der Waals surface area contributed by atoms with Gasteiger partial charge < -0.3 is 21.1 Å². The number of carboxylic acid groups (broad SMARTS) is 1. The number of aliphatic carboxylic acids is 1. The quantitative estimate of drug-likeness (QED) is 0.608. The van der Waals surface area contributed by atoms with E-state index in [1.165, 1.54) is 0 Å². The second kappa shape index (κ2) is 7.82. The van der Waals surface area contributed by atoms with E-state index in [4.69, 9.17) is 10.8 Å². The van der Waals surface area contributed by atoms with Gasteiger partial charge >= 0.3 is 12.0 Å². The molecular formula is C13H24N4O4. The Bertz CT molecular complexity index is 402. The molecule has 1 aliphatic heterocycles. The van der Waals surface area contributed by atoms with E-state index in [0.717, 1.165) is 13.0 Å². The molecule has 0 aliphatic carbocycles. The van der Waals surface area contributed by atoms with E-state index in [-0.39, 0.29) is 18.9 Å². The maximum Gasteiger partial charge on any atom is 0.326 e. The molecular weight excluding hydrogens is 276 g/mol. The van der Waals surface area contributed by atoms with Crippen molar-refractivity contribution in [1.29, 1.82) is 0 Å². The molecule has 3 amide bonds. The summed E-state index contributed by atoms with van der Waals surface area (Å²) >= 11 is 0. The second-order valence-corrected chi connectivity index (χ2v) is 5.33. The molecule has 1 fully saturated rings. The van der Waals surface area contributed by atoms with Gasteiger partial charge in [0.05, 0.1) is 0 Å². The fourth-order valence-corrected chi connectivity index (χ4v) is 2.36. The molecule has 0 aromatic heterocycles. The number of nitrogens with zero attached hydrogens (tertiary/aromatic N) is 2. The monoisotopic (exact) mass is 300 g/mol. The highest BCUT2D eigenvalue weighted by Crippen LogP contribution is 2.11. The Kier molecular flexibility index (Phi) is 6.41. The van der Waals surface area contributed by atoms with Crippen LogP contribution in [0.1, 0.15) is 26.2 Å². The molecule has 1 unspecified atom stereocenters. The summed E-state index contributed by atoms with van der Waals surface area (Å²) in [4.78, 5) is 37.8. The van der Waals surface area contributed by atoms with Crippen LogP contribution in [0.15, 0.2) is 0 Å². The molecule has 0 aromatic rings. The standard InChI is InChI=1S/C13H24N4O4/c1-3-9-8-17(7-6-16(9)2)13(21)15-10(12(19)20)4-5-11(14)18/h9-10H,3-8H2,1-2H3,(H2,14,18)(H,15,21)(H,19,20)/t9?,10-/m1/s1. The Morgan fingerprint density at radius 2 is 2.05 bits per heavy atom. The summed E-state index contributed by atoms with van der Waals surface area (Å²) in [5.41, 5.74) is 5.01. The first-order valence-corrected chi connectivity index (χ1v) is 7.12. The van der Waals surface area contributed by atoms with Gasteiger partial charge in [-0.05, 0) is 19.9 Å². The molecule has 8 nitrogen and oxygen atoms in total. The van der Waals surface area contributed by atoms with Crippen LogP contribution in [-0.4, -0.2) is 71.6 Å². The summed E-state index contributed by atoms with van der Waals surface area (Å²) in [7, 11) is 2.01. The summed E-state index contributed by atoms with van der Waals surface area (Å²) in [6.45, 7) is 3.93. The molecule has 1 saturated heterocycles. The second-order valence-electron chi connectivity index (χ2n) is 5.33. The van der Waals surface area contributed by atoms with Gasteiger partial charge in [0.1, 0.15) is 6.04 Å². The summed E-state index contributed by atoms with van der Waals surface area (Å²) in [6, 6.07) is -1.22. The lowest BCUT2D eigenvalue weighted by Gasteiger charge is -2.39. The zero-order chi connectivity index (χ0) is 16.0. The molecule has 0 radical (unpaired) electrons. The summed E-state index contributed by atoms with van der Waals surface area (Å²) in [5.74, 6) is -1.74. The van der Waals surface area contributed by atoms with Gasteiger partial charge in [0.15, 0.2) is 0 Å². The van der Waals surface area contributed by atoms with Crippen LogP contribution in [0.4, 0.5) is 4.79 Å². The van der Waals surface area contributed by atoms with Gasteiger partial charge in [0.2, 0.25) is 5.91 Å². The number of rotatable bonds is 6. The zero-order valence-corrected chi connectivity index (χ0v) is 12.5. The number of nitrogens with two attached hydrogens (primary N) is 1. The van der Waals surface area contributed by atoms with Crippen LogP contribution in [0.25, 0.3) is 0 Å². The van der Waals surface area contributed by atoms with Crippen LogP contribution in [-0.2, 0) is 9.59 Å². The van der Waals surface area contributed by atoms with Crippen LogP contribution >= 0.6 is 0 Å². The van der Waals surface area contributed by atoms with E-state index in [1.807, 2.05) is 7.05 Å². The van der Waals surface area contributed by atoms with Gasteiger partial charge in [-0.25, -0.2) is 9.59 Å². The molecule has 0 spiro atoms. The number of amides is 3. The van der Waals surface area contributed by atoms with Gasteiger partial charge in [-0.2, -0.15) is 0 Å². The van der Waals surface area contributed by atoms with Crippen molar-refractivity contribution in [3.05, 3.63) is 0 Å². The average Bonchev–Trinajstić information content (AvgIpc) is 2.43. The summed E-state index contributed by atoms with van der Waals surface area (Å²) < 4.78 is 0. The molecule has 1 aliphatic rings. The molecule has 0 bridgehead atoms. The Morgan fingerprint density at radius 1 is 1.38 bits per heavy atom. The van der Waals surface area contributed by atoms with Crippen LogP contribution in [0, 0.1) is 0 Å². The van der Waals surface area contributed by atoms with Crippen LogP contribution < -0.4 is 11.1 Å². The van der Waals surface area contributed by atoms with Crippen molar-refractivity contribution in [2.45, 2.75) is 38.3 Å². The molecule has 0 aromatic carbocycles. The van der Waals surface area contributed by atoms with Crippen molar-refractivity contribution in [3.63, 3.8) is 0 Å². The van der Waals surface area contributed by atoms with Crippen molar-refractivity contribution < 1.29 is 19.5 Å². The van der Waals surface area contributed by atoms with E-state index in [0.29, 0.717) is 13.1 Å². The number of nitrogens with one attached hydrogen (secondary N) is 1. The smallest absolute Gasteiger partial charge is 0.326 e. The Balaban J connectivity index is 2.56. The van der Waals surface area contributed by atoms with E-state index in [1.54, 1.807) is 4.90 Å². The largest absolute Gasteiger partial charge is 0.480 e. The Hall–Kier alpha value is -1.83. The third-order valence-corrected chi connectivity index (χ3v) is 3.81.